The van der Waals surface area contributed by atoms with Crippen LogP contribution in [-0.4, -0.2) is 39.3 Å². The molecule has 1 N–H and O–H groups in total. The number of nitrogens with zero attached hydrogens (tertiary/aromatic N) is 4. The number of imidazole rings is 1. The molecular weight excluding hydrogens is 354 g/mol. The zero-order chi connectivity index (χ0) is 19.3. The first kappa shape index (κ1) is 17.7. The Labute approximate surface area is 162 Å². The third-order valence-corrected chi connectivity index (χ3v) is 4.58. The molecule has 4 aromatic rings. The van der Waals surface area contributed by atoms with E-state index in [0.29, 0.717) is 23.5 Å². The number of methoxy groups -OCH3 is 1. The summed E-state index contributed by atoms with van der Waals surface area (Å²) < 4.78 is 6.02. The third kappa shape index (κ3) is 3.42. The Kier molecular flexibility index (Phi) is 4.97. The Balaban J connectivity index is 1.65. The van der Waals surface area contributed by atoms with Crippen molar-refractivity contribution in [2.24, 2.45) is 0 Å². The lowest BCUT2D eigenvalue weighted by Gasteiger charge is -2.19. The van der Waals surface area contributed by atoms with Crippen LogP contribution in [0.1, 0.15) is 17.0 Å². The van der Waals surface area contributed by atoms with Gasteiger partial charge in [0.2, 0.25) is 0 Å². The van der Waals surface area contributed by atoms with Gasteiger partial charge in [-0.3, -0.25) is 0 Å². The van der Waals surface area contributed by atoms with E-state index in [1.165, 1.54) is 35.5 Å². The number of carbonyl (C=O) groups is 1. The molecule has 0 bridgehead atoms. The van der Waals surface area contributed by atoms with Gasteiger partial charge in [0.05, 0.1) is 7.11 Å². The number of rotatable bonds is 5. The molecule has 28 heavy (non-hydrogen) atoms. The number of hydrogen-bond acceptors (Lipinski definition) is 6. The summed E-state index contributed by atoms with van der Waals surface area (Å²) in [5.74, 6) is 0.708. The molecule has 0 aliphatic rings. The van der Waals surface area contributed by atoms with E-state index in [1.54, 1.807) is 0 Å². The van der Waals surface area contributed by atoms with Gasteiger partial charge in [0.15, 0.2) is 17.0 Å². The summed E-state index contributed by atoms with van der Waals surface area (Å²) in [5.41, 5.74) is 3.33. The zero-order valence-corrected chi connectivity index (χ0v) is 15.3. The lowest BCUT2D eigenvalue weighted by Crippen LogP contribution is -2.15. The van der Waals surface area contributed by atoms with Crippen LogP contribution in [0.4, 0.5) is 10.6 Å². The van der Waals surface area contributed by atoms with Crippen molar-refractivity contribution < 1.29 is 9.53 Å². The molecule has 2 aromatic heterocycles. The number of aromatic nitrogens is 4. The highest BCUT2D eigenvalue weighted by Gasteiger charge is 2.17. The minimum absolute atomic E-state index is 0.134. The van der Waals surface area contributed by atoms with E-state index in [0.717, 1.165) is 0 Å². The molecule has 0 saturated heterocycles. The smallest absolute Gasteiger partial charge is 0.420 e. The molecule has 7 heteroatoms. The van der Waals surface area contributed by atoms with E-state index in [-0.39, 0.29) is 5.92 Å². The monoisotopic (exact) mass is 373 g/mol. The number of nitrogens with one attached hydrogen (secondary N) is 1. The van der Waals surface area contributed by atoms with Crippen molar-refractivity contribution >= 4 is 23.1 Å². The van der Waals surface area contributed by atoms with Crippen LogP contribution in [0.25, 0.3) is 11.2 Å². The van der Waals surface area contributed by atoms with E-state index in [9.17, 15) is 4.79 Å². The molecule has 140 valence electrons. The van der Waals surface area contributed by atoms with Crippen LogP contribution in [0.3, 0.4) is 0 Å². The summed E-state index contributed by atoms with van der Waals surface area (Å²) in [4.78, 5) is 24.6. The van der Waals surface area contributed by atoms with Crippen molar-refractivity contribution in [2.75, 3.05) is 19.0 Å². The topological polar surface area (TPSA) is 81.9 Å². The van der Waals surface area contributed by atoms with Gasteiger partial charge in [-0.1, -0.05) is 60.7 Å². The predicted octanol–water partition coefficient (Wildman–Crippen LogP) is 3.68. The predicted molar refractivity (Wildman–Crippen MR) is 106 cm³/mol. The Morgan fingerprint density at radius 1 is 1.00 bits per heavy atom. The molecule has 0 aliphatic heterocycles. The quantitative estimate of drug-likeness (QED) is 0.575. The van der Waals surface area contributed by atoms with Crippen LogP contribution < -0.4 is 5.32 Å². The van der Waals surface area contributed by atoms with Crippen molar-refractivity contribution in [1.82, 2.24) is 19.5 Å². The molecule has 2 heterocycles. The molecule has 0 fully saturated rings. The van der Waals surface area contributed by atoms with Crippen molar-refractivity contribution in [3.05, 3.63) is 84.4 Å². The van der Waals surface area contributed by atoms with E-state index >= 15 is 0 Å². The fourth-order valence-electron chi connectivity index (χ4n) is 3.19. The molecular formula is C21H19N5O2. The van der Waals surface area contributed by atoms with E-state index in [1.807, 2.05) is 36.4 Å². The SMILES string of the molecule is COC(=O)n1cnc2c(NCC(c3ccccc3)c3ccccc3)ncnc21. The lowest BCUT2D eigenvalue weighted by molar-refractivity contribution is 0.173. The average Bonchev–Trinajstić information content (AvgIpc) is 3.20. The Morgan fingerprint density at radius 2 is 1.64 bits per heavy atom. The summed E-state index contributed by atoms with van der Waals surface area (Å²) in [7, 11) is 1.32. The molecule has 0 unspecified atom stereocenters. The van der Waals surface area contributed by atoms with Gasteiger partial charge in [-0.25, -0.2) is 24.3 Å². The maximum absolute atomic E-state index is 11.9. The number of ether oxygens (including phenoxy) is 1. The van der Waals surface area contributed by atoms with Crippen molar-refractivity contribution in [2.45, 2.75) is 5.92 Å². The molecule has 0 saturated carbocycles. The fraction of sp³-hybridized carbons (Fsp3) is 0.143. The molecule has 7 nitrogen and oxygen atoms in total. The number of anilines is 1. The molecule has 0 amide bonds. The maximum Gasteiger partial charge on any atom is 0.420 e. The Hall–Kier alpha value is -3.74. The summed E-state index contributed by atoms with van der Waals surface area (Å²) in [6.07, 6.45) is 2.26. The summed E-state index contributed by atoms with van der Waals surface area (Å²) in [5, 5.41) is 3.38. The number of hydrogen-bond donors (Lipinski definition) is 1. The Morgan fingerprint density at radius 3 is 2.25 bits per heavy atom. The van der Waals surface area contributed by atoms with E-state index in [4.69, 9.17) is 4.74 Å². The van der Waals surface area contributed by atoms with Gasteiger partial charge in [-0.2, -0.15) is 0 Å². The second kappa shape index (κ2) is 7.87. The van der Waals surface area contributed by atoms with Crippen LogP contribution in [0.5, 0.6) is 0 Å². The van der Waals surface area contributed by atoms with Crippen LogP contribution in [0.15, 0.2) is 73.3 Å². The minimum Gasteiger partial charge on any atom is -0.452 e. The molecule has 0 radical (unpaired) electrons. The third-order valence-electron chi connectivity index (χ3n) is 4.58. The van der Waals surface area contributed by atoms with Crippen molar-refractivity contribution in [3.63, 3.8) is 0 Å². The fourth-order valence-corrected chi connectivity index (χ4v) is 3.19. The van der Waals surface area contributed by atoms with Crippen molar-refractivity contribution in [1.29, 1.82) is 0 Å². The van der Waals surface area contributed by atoms with Gasteiger partial charge < -0.3 is 10.1 Å². The van der Waals surface area contributed by atoms with Crippen LogP contribution >= 0.6 is 0 Å². The number of benzene rings is 2. The first-order valence-electron chi connectivity index (χ1n) is 8.88. The second-order valence-corrected chi connectivity index (χ2v) is 6.23. The standard InChI is InChI=1S/C21H19N5O2/c1-28-21(27)26-14-25-18-19(23-13-24-20(18)26)22-12-17(15-8-4-2-5-9-15)16-10-6-3-7-11-16/h2-11,13-14,17H,12H2,1H3,(H,22,23,24). The highest BCUT2D eigenvalue weighted by Crippen LogP contribution is 2.26. The molecule has 4 rings (SSSR count). The van der Waals surface area contributed by atoms with Gasteiger partial charge in [-0.15, -0.1) is 0 Å². The highest BCUT2D eigenvalue weighted by atomic mass is 16.5. The number of carbonyl (C=O) groups excluding carboxylic acids is 1. The highest BCUT2D eigenvalue weighted by molar-refractivity contribution is 5.89. The minimum atomic E-state index is -0.543. The first-order valence-corrected chi connectivity index (χ1v) is 8.88. The normalized spacial score (nSPS) is 10.9. The molecule has 0 spiro atoms. The maximum atomic E-state index is 11.9. The van der Waals surface area contributed by atoms with Crippen LogP contribution in [-0.2, 0) is 4.74 Å². The molecule has 0 aliphatic carbocycles. The van der Waals surface area contributed by atoms with Gasteiger partial charge >= 0.3 is 6.09 Å². The summed E-state index contributed by atoms with van der Waals surface area (Å²) >= 11 is 0. The first-order chi connectivity index (χ1) is 13.8. The second-order valence-electron chi connectivity index (χ2n) is 6.23. The van der Waals surface area contributed by atoms with E-state index in [2.05, 4.69) is 44.5 Å². The largest absolute Gasteiger partial charge is 0.452 e. The summed E-state index contributed by atoms with van der Waals surface area (Å²) in [6, 6.07) is 20.6. The summed E-state index contributed by atoms with van der Waals surface area (Å²) in [6.45, 7) is 0.616. The van der Waals surface area contributed by atoms with Crippen LogP contribution in [0.2, 0.25) is 0 Å². The Bertz CT molecular complexity index is 1040. The molecule has 0 atom stereocenters. The number of fused-ring (bicyclic) bond motifs is 1. The van der Waals surface area contributed by atoms with Gasteiger partial charge in [0, 0.05) is 12.5 Å². The zero-order valence-electron chi connectivity index (χ0n) is 15.3. The van der Waals surface area contributed by atoms with Gasteiger partial charge in [0.1, 0.15) is 12.7 Å². The van der Waals surface area contributed by atoms with E-state index < -0.39 is 6.09 Å². The molecule has 2 aromatic carbocycles. The average molecular weight is 373 g/mol. The lowest BCUT2D eigenvalue weighted by atomic mass is 9.91. The van der Waals surface area contributed by atoms with Gasteiger partial charge in [0.25, 0.3) is 0 Å². The van der Waals surface area contributed by atoms with Crippen LogP contribution in [0, 0.1) is 0 Å². The van der Waals surface area contributed by atoms with Gasteiger partial charge in [-0.05, 0) is 11.1 Å². The van der Waals surface area contributed by atoms with Crippen molar-refractivity contribution in [3.8, 4) is 0 Å².